The van der Waals surface area contributed by atoms with Crippen LogP contribution in [0.3, 0.4) is 0 Å². The van der Waals surface area contributed by atoms with Crippen molar-refractivity contribution < 1.29 is 19.4 Å². The Morgan fingerprint density at radius 1 is 1.38 bits per heavy atom. The average molecular weight is 334 g/mol. The minimum atomic E-state index is -0.833. The second-order valence-corrected chi connectivity index (χ2v) is 6.59. The molecule has 6 nitrogen and oxygen atoms in total. The number of carbonyl (C=O) groups excluding carboxylic acids is 1. The van der Waals surface area contributed by atoms with Gasteiger partial charge in [0.1, 0.15) is 5.75 Å². The van der Waals surface area contributed by atoms with E-state index in [0.717, 1.165) is 17.7 Å². The lowest BCUT2D eigenvalue weighted by molar-refractivity contribution is -0.143. The Hall–Kier alpha value is -2.24. The van der Waals surface area contributed by atoms with E-state index in [0.29, 0.717) is 32.0 Å². The van der Waals surface area contributed by atoms with E-state index in [1.54, 1.807) is 4.90 Å². The minimum Gasteiger partial charge on any atom is -0.493 e. The van der Waals surface area contributed by atoms with Gasteiger partial charge in [0.25, 0.3) is 0 Å². The summed E-state index contributed by atoms with van der Waals surface area (Å²) in [5.41, 5.74) is 0.915. The first-order valence-corrected chi connectivity index (χ1v) is 8.43. The van der Waals surface area contributed by atoms with Crippen molar-refractivity contribution in [3.8, 4) is 5.75 Å². The molecule has 1 aromatic carbocycles. The Morgan fingerprint density at radius 2 is 2.12 bits per heavy atom. The molecule has 1 saturated heterocycles. The van der Waals surface area contributed by atoms with Crippen LogP contribution in [0.25, 0.3) is 0 Å². The van der Waals surface area contributed by atoms with Crippen LogP contribution < -0.4 is 10.1 Å². The van der Waals surface area contributed by atoms with E-state index >= 15 is 0 Å². The van der Waals surface area contributed by atoms with Crippen LogP contribution in [0.15, 0.2) is 24.3 Å². The summed E-state index contributed by atoms with van der Waals surface area (Å²) in [7, 11) is 0. The number of amides is 2. The van der Waals surface area contributed by atoms with Gasteiger partial charge in [-0.3, -0.25) is 4.79 Å². The number of ether oxygens (including phenoxy) is 1. The number of urea groups is 1. The zero-order chi connectivity index (χ0) is 17.5. The van der Waals surface area contributed by atoms with Gasteiger partial charge in [-0.2, -0.15) is 0 Å². The molecule has 0 radical (unpaired) electrons. The van der Waals surface area contributed by atoms with Crippen LogP contribution in [-0.2, 0) is 11.3 Å². The van der Waals surface area contributed by atoms with Crippen molar-refractivity contribution in [1.82, 2.24) is 10.2 Å². The largest absolute Gasteiger partial charge is 0.493 e. The Labute approximate surface area is 142 Å². The third-order valence-electron chi connectivity index (χ3n) is 4.03. The van der Waals surface area contributed by atoms with Crippen LogP contribution in [-0.4, -0.2) is 41.7 Å². The van der Waals surface area contributed by atoms with E-state index in [-0.39, 0.29) is 12.6 Å². The third-order valence-corrected chi connectivity index (χ3v) is 4.03. The molecular weight excluding hydrogens is 308 g/mol. The van der Waals surface area contributed by atoms with Crippen LogP contribution in [0.1, 0.15) is 32.3 Å². The van der Waals surface area contributed by atoms with Crippen molar-refractivity contribution in [2.75, 3.05) is 19.7 Å². The first-order chi connectivity index (χ1) is 11.5. The van der Waals surface area contributed by atoms with Crippen LogP contribution in [0.4, 0.5) is 4.79 Å². The van der Waals surface area contributed by atoms with E-state index in [4.69, 9.17) is 9.84 Å². The maximum Gasteiger partial charge on any atom is 0.317 e. The fraction of sp³-hybridized carbons (Fsp3) is 0.556. The second kappa shape index (κ2) is 8.57. The molecule has 0 bridgehead atoms. The Balaban J connectivity index is 1.90. The van der Waals surface area contributed by atoms with Gasteiger partial charge in [-0.1, -0.05) is 32.0 Å². The number of hydrogen-bond acceptors (Lipinski definition) is 3. The fourth-order valence-corrected chi connectivity index (χ4v) is 2.69. The highest BCUT2D eigenvalue weighted by atomic mass is 16.5. The molecule has 6 heteroatoms. The molecule has 1 aliphatic heterocycles. The molecule has 1 unspecified atom stereocenters. The lowest BCUT2D eigenvalue weighted by Crippen LogP contribution is -2.46. The molecule has 2 N–H and O–H groups in total. The van der Waals surface area contributed by atoms with Crippen molar-refractivity contribution >= 4 is 12.0 Å². The molecule has 1 heterocycles. The SMILES string of the molecule is CC(C)COc1ccccc1CNC(=O)N1CCCC(C(=O)O)C1. The summed E-state index contributed by atoms with van der Waals surface area (Å²) in [6, 6.07) is 7.41. The number of likely N-dealkylation sites (tertiary alicyclic amines) is 1. The topological polar surface area (TPSA) is 78.9 Å². The molecule has 1 fully saturated rings. The van der Waals surface area contributed by atoms with E-state index in [9.17, 15) is 9.59 Å². The second-order valence-electron chi connectivity index (χ2n) is 6.59. The van der Waals surface area contributed by atoms with Crippen LogP contribution in [0.5, 0.6) is 5.75 Å². The zero-order valence-corrected chi connectivity index (χ0v) is 14.3. The molecular formula is C18H26N2O4. The van der Waals surface area contributed by atoms with Crippen molar-refractivity contribution in [2.24, 2.45) is 11.8 Å². The van der Waals surface area contributed by atoms with Crippen LogP contribution in [0.2, 0.25) is 0 Å². The van der Waals surface area contributed by atoms with Crippen molar-refractivity contribution in [1.29, 1.82) is 0 Å². The predicted octanol–water partition coefficient (Wildman–Crippen LogP) is 2.73. The number of nitrogens with one attached hydrogen (secondary N) is 1. The third kappa shape index (κ3) is 5.15. The number of carboxylic acid groups (broad SMARTS) is 1. The predicted molar refractivity (Wildman–Crippen MR) is 90.9 cm³/mol. The van der Waals surface area contributed by atoms with Gasteiger partial charge < -0.3 is 20.1 Å². The number of para-hydroxylation sites is 1. The van der Waals surface area contributed by atoms with Gasteiger partial charge in [0.15, 0.2) is 0 Å². The quantitative estimate of drug-likeness (QED) is 0.838. The number of piperidine rings is 1. The van der Waals surface area contributed by atoms with Gasteiger partial charge in [0.2, 0.25) is 0 Å². The molecule has 0 aromatic heterocycles. The Kier molecular flexibility index (Phi) is 6.46. The number of carbonyl (C=O) groups is 2. The summed E-state index contributed by atoms with van der Waals surface area (Å²) in [5.74, 6) is -0.103. The summed E-state index contributed by atoms with van der Waals surface area (Å²) < 4.78 is 5.78. The summed E-state index contributed by atoms with van der Waals surface area (Å²) >= 11 is 0. The van der Waals surface area contributed by atoms with E-state index in [2.05, 4.69) is 19.2 Å². The smallest absolute Gasteiger partial charge is 0.317 e. The van der Waals surface area contributed by atoms with Crippen LogP contribution in [0, 0.1) is 11.8 Å². The molecule has 1 atom stereocenters. The number of benzene rings is 1. The number of aliphatic carboxylic acids is 1. The van der Waals surface area contributed by atoms with Crippen molar-refractivity contribution in [3.63, 3.8) is 0 Å². The Morgan fingerprint density at radius 3 is 2.83 bits per heavy atom. The maximum absolute atomic E-state index is 12.3. The highest BCUT2D eigenvalue weighted by Gasteiger charge is 2.28. The molecule has 2 rings (SSSR count). The van der Waals surface area contributed by atoms with Crippen molar-refractivity contribution in [2.45, 2.75) is 33.2 Å². The molecule has 1 aromatic rings. The van der Waals surface area contributed by atoms with Gasteiger partial charge in [0, 0.05) is 25.2 Å². The van der Waals surface area contributed by atoms with Gasteiger partial charge in [-0.25, -0.2) is 4.79 Å². The highest BCUT2D eigenvalue weighted by molar-refractivity contribution is 5.76. The number of hydrogen-bond donors (Lipinski definition) is 2. The average Bonchev–Trinajstić information content (AvgIpc) is 2.58. The fourth-order valence-electron chi connectivity index (χ4n) is 2.69. The molecule has 0 aliphatic carbocycles. The minimum absolute atomic E-state index is 0.223. The first kappa shape index (κ1) is 18.1. The molecule has 2 amide bonds. The maximum atomic E-state index is 12.3. The van der Waals surface area contributed by atoms with E-state index < -0.39 is 11.9 Å². The van der Waals surface area contributed by atoms with E-state index in [1.165, 1.54) is 0 Å². The van der Waals surface area contributed by atoms with Crippen molar-refractivity contribution in [3.05, 3.63) is 29.8 Å². The van der Waals surface area contributed by atoms with Gasteiger partial charge >= 0.3 is 12.0 Å². The van der Waals surface area contributed by atoms with Gasteiger partial charge in [0.05, 0.1) is 12.5 Å². The standard InChI is InChI=1S/C18H26N2O4/c1-13(2)12-24-16-8-4-3-6-14(16)10-19-18(23)20-9-5-7-15(11-20)17(21)22/h3-4,6,8,13,15H,5,7,9-12H2,1-2H3,(H,19,23)(H,21,22). The van der Waals surface area contributed by atoms with Gasteiger partial charge in [-0.15, -0.1) is 0 Å². The normalized spacial score (nSPS) is 17.6. The first-order valence-electron chi connectivity index (χ1n) is 8.43. The molecule has 0 spiro atoms. The summed E-state index contributed by atoms with van der Waals surface area (Å²) in [5, 5.41) is 12.0. The lowest BCUT2D eigenvalue weighted by Gasteiger charge is -2.30. The summed E-state index contributed by atoms with van der Waals surface area (Å²) in [6.45, 7) is 6.02. The Bertz CT molecular complexity index is 574. The molecule has 24 heavy (non-hydrogen) atoms. The molecule has 132 valence electrons. The monoisotopic (exact) mass is 334 g/mol. The number of carboxylic acids is 1. The zero-order valence-electron chi connectivity index (χ0n) is 14.3. The molecule has 0 saturated carbocycles. The highest BCUT2D eigenvalue weighted by Crippen LogP contribution is 2.20. The lowest BCUT2D eigenvalue weighted by atomic mass is 9.99. The number of rotatable bonds is 6. The van der Waals surface area contributed by atoms with E-state index in [1.807, 2.05) is 24.3 Å². The van der Waals surface area contributed by atoms with Crippen LogP contribution >= 0.6 is 0 Å². The summed E-state index contributed by atoms with van der Waals surface area (Å²) in [4.78, 5) is 25.0. The molecule has 1 aliphatic rings. The van der Waals surface area contributed by atoms with Gasteiger partial charge in [-0.05, 0) is 24.8 Å². The number of nitrogens with zero attached hydrogens (tertiary/aromatic N) is 1. The summed E-state index contributed by atoms with van der Waals surface area (Å²) in [6.07, 6.45) is 1.35.